The Morgan fingerprint density at radius 3 is 2.57 bits per heavy atom. The molecular weight excluding hydrogens is 308 g/mol. The lowest BCUT2D eigenvalue weighted by Crippen LogP contribution is -2.42. The molecule has 1 heterocycles. The van der Waals surface area contributed by atoms with E-state index in [2.05, 4.69) is 5.32 Å². The molecule has 0 radical (unpaired) electrons. The first kappa shape index (κ1) is 15.8. The molecule has 0 aliphatic carbocycles. The molecule has 0 aliphatic rings. The van der Waals surface area contributed by atoms with Gasteiger partial charge < -0.3 is 16.2 Å². The van der Waals surface area contributed by atoms with Gasteiger partial charge in [-0.2, -0.15) is 0 Å². The van der Waals surface area contributed by atoms with E-state index in [-0.39, 0.29) is 17.7 Å². The Kier molecular flexibility index (Phi) is 5.22. The number of benzene rings is 1. The van der Waals surface area contributed by atoms with Gasteiger partial charge in [-0.25, -0.2) is 0 Å². The summed E-state index contributed by atoms with van der Waals surface area (Å²) in [7, 11) is 0. The standard InChI is InChI=1S/C15H17ClN2O2S/c1-9(13-6-7-14(16)21-13)18-15(20)12(17)8-10-2-4-11(19)5-3-10/h2-7,9,12,19H,8,17H2,1H3,(H,18,20)/t9?,12-/m0/s1. The average molecular weight is 325 g/mol. The summed E-state index contributed by atoms with van der Waals surface area (Å²) < 4.78 is 0.694. The van der Waals surface area contributed by atoms with Crippen LogP contribution < -0.4 is 11.1 Å². The molecule has 1 aromatic heterocycles. The van der Waals surface area contributed by atoms with Gasteiger partial charge in [-0.1, -0.05) is 23.7 Å². The lowest BCUT2D eigenvalue weighted by molar-refractivity contribution is -0.122. The van der Waals surface area contributed by atoms with Crippen molar-refractivity contribution in [1.82, 2.24) is 5.32 Å². The smallest absolute Gasteiger partial charge is 0.237 e. The second kappa shape index (κ2) is 6.93. The number of thiophene rings is 1. The maximum Gasteiger partial charge on any atom is 0.237 e. The highest BCUT2D eigenvalue weighted by atomic mass is 35.5. The van der Waals surface area contributed by atoms with Crippen molar-refractivity contribution >= 4 is 28.8 Å². The Morgan fingerprint density at radius 2 is 2.00 bits per heavy atom. The summed E-state index contributed by atoms with van der Waals surface area (Å²) in [5, 5.41) is 12.1. The summed E-state index contributed by atoms with van der Waals surface area (Å²) in [4.78, 5) is 13.1. The number of amides is 1. The normalized spacial score (nSPS) is 13.7. The van der Waals surface area contributed by atoms with Gasteiger partial charge in [-0.05, 0) is 43.2 Å². The molecule has 2 atom stereocenters. The molecule has 4 N–H and O–H groups in total. The third-order valence-electron chi connectivity index (χ3n) is 3.11. The van der Waals surface area contributed by atoms with Crippen LogP contribution in [0.1, 0.15) is 23.4 Å². The average Bonchev–Trinajstić information content (AvgIpc) is 2.88. The van der Waals surface area contributed by atoms with Crippen LogP contribution >= 0.6 is 22.9 Å². The van der Waals surface area contributed by atoms with E-state index in [1.807, 2.05) is 13.0 Å². The molecule has 0 spiro atoms. The molecule has 0 saturated heterocycles. The van der Waals surface area contributed by atoms with Crippen molar-refractivity contribution in [2.45, 2.75) is 25.4 Å². The number of nitrogens with two attached hydrogens (primary N) is 1. The van der Waals surface area contributed by atoms with Crippen LogP contribution in [0, 0.1) is 0 Å². The largest absolute Gasteiger partial charge is 0.508 e. The van der Waals surface area contributed by atoms with Crippen molar-refractivity contribution in [1.29, 1.82) is 0 Å². The monoisotopic (exact) mass is 324 g/mol. The van der Waals surface area contributed by atoms with Gasteiger partial charge in [-0.3, -0.25) is 4.79 Å². The molecule has 1 amide bonds. The van der Waals surface area contributed by atoms with Gasteiger partial charge in [0.15, 0.2) is 0 Å². The molecule has 0 saturated carbocycles. The van der Waals surface area contributed by atoms with E-state index in [1.165, 1.54) is 11.3 Å². The molecular formula is C15H17ClN2O2S. The molecule has 0 aliphatic heterocycles. The predicted octanol–water partition coefficient (Wildman–Crippen LogP) is 2.85. The van der Waals surface area contributed by atoms with E-state index < -0.39 is 6.04 Å². The van der Waals surface area contributed by atoms with Crippen molar-refractivity contribution in [3.05, 3.63) is 51.2 Å². The Hall–Kier alpha value is -1.56. The first-order chi connectivity index (χ1) is 9.95. The minimum atomic E-state index is -0.632. The molecule has 2 aromatic rings. The van der Waals surface area contributed by atoms with Crippen LogP contribution in [0.3, 0.4) is 0 Å². The first-order valence-electron chi connectivity index (χ1n) is 6.55. The Labute approximate surface area is 132 Å². The SMILES string of the molecule is CC(NC(=O)[C@@H](N)Cc1ccc(O)cc1)c1ccc(Cl)s1. The van der Waals surface area contributed by atoms with Crippen LogP contribution in [0.15, 0.2) is 36.4 Å². The van der Waals surface area contributed by atoms with Gasteiger partial charge in [-0.15, -0.1) is 11.3 Å². The van der Waals surface area contributed by atoms with E-state index >= 15 is 0 Å². The van der Waals surface area contributed by atoms with Crippen LogP contribution in [-0.2, 0) is 11.2 Å². The summed E-state index contributed by atoms with van der Waals surface area (Å²) in [6.45, 7) is 1.90. The van der Waals surface area contributed by atoms with Crippen LogP contribution in [-0.4, -0.2) is 17.1 Å². The lowest BCUT2D eigenvalue weighted by Gasteiger charge is -2.16. The number of halogens is 1. The molecule has 4 nitrogen and oxygen atoms in total. The Morgan fingerprint density at radius 1 is 1.33 bits per heavy atom. The third kappa shape index (κ3) is 4.46. The van der Waals surface area contributed by atoms with E-state index in [0.717, 1.165) is 10.4 Å². The topological polar surface area (TPSA) is 75.4 Å². The van der Waals surface area contributed by atoms with Gasteiger partial charge in [0, 0.05) is 4.88 Å². The Bertz CT molecular complexity index is 612. The zero-order valence-electron chi connectivity index (χ0n) is 11.5. The van der Waals surface area contributed by atoms with Gasteiger partial charge >= 0.3 is 0 Å². The van der Waals surface area contributed by atoms with Crippen molar-refractivity contribution in [3.63, 3.8) is 0 Å². The fourth-order valence-electron chi connectivity index (χ4n) is 1.93. The molecule has 112 valence electrons. The number of aromatic hydroxyl groups is 1. The number of hydrogen-bond acceptors (Lipinski definition) is 4. The van der Waals surface area contributed by atoms with Crippen LogP contribution in [0.5, 0.6) is 5.75 Å². The highest BCUT2D eigenvalue weighted by molar-refractivity contribution is 7.16. The van der Waals surface area contributed by atoms with Gasteiger partial charge in [0.2, 0.25) is 5.91 Å². The maximum absolute atomic E-state index is 12.1. The summed E-state index contributed by atoms with van der Waals surface area (Å²) in [5.74, 6) is -0.0138. The number of hydrogen-bond donors (Lipinski definition) is 3. The van der Waals surface area contributed by atoms with Crippen LogP contribution in [0.25, 0.3) is 0 Å². The summed E-state index contributed by atoms with van der Waals surface area (Å²) in [5.41, 5.74) is 6.83. The predicted molar refractivity (Wildman–Crippen MR) is 85.7 cm³/mol. The fraction of sp³-hybridized carbons (Fsp3) is 0.267. The highest BCUT2D eigenvalue weighted by Gasteiger charge is 2.18. The zero-order chi connectivity index (χ0) is 15.4. The van der Waals surface area contributed by atoms with E-state index in [1.54, 1.807) is 30.3 Å². The van der Waals surface area contributed by atoms with Crippen molar-refractivity contribution in [2.24, 2.45) is 5.73 Å². The summed E-state index contributed by atoms with van der Waals surface area (Å²) in [6, 6.07) is 9.61. The van der Waals surface area contributed by atoms with Crippen molar-refractivity contribution in [3.8, 4) is 5.75 Å². The number of phenolic OH excluding ortho intramolecular Hbond substituents is 1. The van der Waals surface area contributed by atoms with Crippen LogP contribution in [0.2, 0.25) is 4.34 Å². The Balaban J connectivity index is 1.91. The number of rotatable bonds is 5. The molecule has 2 rings (SSSR count). The highest BCUT2D eigenvalue weighted by Crippen LogP contribution is 2.26. The van der Waals surface area contributed by atoms with Crippen LogP contribution in [0.4, 0.5) is 0 Å². The van der Waals surface area contributed by atoms with Gasteiger partial charge in [0.05, 0.1) is 16.4 Å². The minimum absolute atomic E-state index is 0.124. The summed E-state index contributed by atoms with van der Waals surface area (Å²) in [6.07, 6.45) is 0.421. The second-order valence-electron chi connectivity index (χ2n) is 4.85. The van der Waals surface area contributed by atoms with Gasteiger partial charge in [0.1, 0.15) is 5.75 Å². The maximum atomic E-state index is 12.1. The first-order valence-corrected chi connectivity index (χ1v) is 7.74. The van der Waals surface area contributed by atoms with E-state index in [4.69, 9.17) is 17.3 Å². The van der Waals surface area contributed by atoms with E-state index in [9.17, 15) is 9.90 Å². The number of nitrogens with one attached hydrogen (secondary N) is 1. The molecule has 0 bridgehead atoms. The van der Waals surface area contributed by atoms with Crippen molar-refractivity contribution in [2.75, 3.05) is 0 Å². The minimum Gasteiger partial charge on any atom is -0.508 e. The molecule has 1 unspecified atom stereocenters. The van der Waals surface area contributed by atoms with E-state index in [0.29, 0.717) is 10.8 Å². The molecule has 21 heavy (non-hydrogen) atoms. The summed E-state index contributed by atoms with van der Waals surface area (Å²) >= 11 is 7.32. The molecule has 6 heteroatoms. The van der Waals surface area contributed by atoms with Gasteiger partial charge in [0.25, 0.3) is 0 Å². The molecule has 1 aromatic carbocycles. The van der Waals surface area contributed by atoms with Crippen molar-refractivity contribution < 1.29 is 9.90 Å². The quantitative estimate of drug-likeness (QED) is 0.791. The molecule has 0 fully saturated rings. The number of phenols is 1. The number of carbonyl (C=O) groups excluding carboxylic acids is 1. The fourth-order valence-corrected chi connectivity index (χ4v) is 2.99. The lowest BCUT2D eigenvalue weighted by atomic mass is 10.1. The third-order valence-corrected chi connectivity index (χ3v) is 4.52. The zero-order valence-corrected chi connectivity index (χ0v) is 13.1. The second-order valence-corrected chi connectivity index (χ2v) is 6.60. The number of carbonyl (C=O) groups is 1.